The van der Waals surface area contributed by atoms with Gasteiger partial charge in [-0.15, -0.1) is 49.5 Å². The van der Waals surface area contributed by atoms with Crippen LogP contribution in [0, 0.1) is 25.0 Å². The summed E-state index contributed by atoms with van der Waals surface area (Å²) >= 11 is 11.2. The predicted molar refractivity (Wildman–Crippen MR) is 471 cm³/mol. The molecule has 0 N–H and O–H groups in total. The first-order valence-corrected chi connectivity index (χ1v) is 45.3. The van der Waals surface area contributed by atoms with Crippen molar-refractivity contribution in [2.45, 2.75) is 110 Å². The fourth-order valence-electron chi connectivity index (χ4n) is 12.1. The van der Waals surface area contributed by atoms with Gasteiger partial charge in [0, 0.05) is 116 Å². The van der Waals surface area contributed by atoms with E-state index in [-0.39, 0.29) is 188 Å². The molecule has 0 saturated heterocycles. The van der Waals surface area contributed by atoms with Gasteiger partial charge in [0.05, 0.1) is 21.2 Å². The average molecular weight is 1930 g/mol. The molecule has 0 aromatic heterocycles. The molecule has 126 heavy (non-hydrogen) atoms. The van der Waals surface area contributed by atoms with E-state index in [1.807, 2.05) is 13.0 Å². The number of rotatable bonds is 26. The van der Waals surface area contributed by atoms with Gasteiger partial charge in [-0.05, 0) is 182 Å². The van der Waals surface area contributed by atoms with Crippen LogP contribution < -0.4 is 167 Å². The van der Waals surface area contributed by atoms with Crippen LogP contribution in [0.1, 0.15) is 153 Å². The van der Waals surface area contributed by atoms with Crippen molar-refractivity contribution in [3.8, 4) is 0 Å². The standard InChI is InChI=1S/C28H36N2O3S.C27H33N2O3S.C10H15N.2C7H5ClO.C7H5O4S.CH4.5Na.3O3S/c1-6-29(7-2)24-15-11-22(12-16-24)28(23-13-17-25(18-14-23)30(8-3)9-4)27-20-26(34(31,32)33)19-10-21(27)5;1-5-28(6-2)24-16-12-21(13-17-24)27(23-10-9-11-26(20-23)33(30,31)32)22-14-18-25(19-15-22)29(7-3)8-4;1-3-11(4-2)10-8-6-5-7-9-10;2*8-7-4-2-1-3-6(7)5-9;8-5-6-3-1-2-4-7(6)12(9,10)11;;;;;;;3*1-4(2)3/h10-20,22,28H,6-9H2,1-5H3;9,11-20,27H,5-8H2,1-4H3,(H,30,31,32);5-9H,3-4H2,1-2H3;2*1-5H;2-5H,(H,9,10,11);1H4;;;;;;;;/q;-1;;;;-1;;5*+1;;;/p-2. The van der Waals surface area contributed by atoms with Crippen molar-refractivity contribution in [3.05, 3.63) is 303 Å². The quantitative estimate of drug-likeness (QED) is 0.0173. The second kappa shape index (κ2) is 69.4. The van der Waals surface area contributed by atoms with Crippen LogP contribution in [0.4, 0.5) is 22.7 Å². The third-order valence-corrected chi connectivity index (χ3v) is 21.3. The summed E-state index contributed by atoms with van der Waals surface area (Å²) in [7, 11) is -23.0. The van der Waals surface area contributed by atoms with E-state index in [1.165, 1.54) is 41.7 Å². The molecule has 10 rings (SSSR count). The summed E-state index contributed by atoms with van der Waals surface area (Å²) in [6.45, 7) is 33.0. The predicted octanol–water partition coefficient (Wildman–Crippen LogP) is 0.0612. The molecule has 39 heteroatoms. The molecule has 0 heterocycles. The van der Waals surface area contributed by atoms with Gasteiger partial charge >= 0.3 is 180 Å². The molecule has 0 fully saturated rings. The Morgan fingerprint density at radius 3 is 1.06 bits per heavy atom. The Kier molecular flexibility index (Phi) is 71.1. The van der Waals surface area contributed by atoms with Gasteiger partial charge in [0.1, 0.15) is 43.4 Å². The number of anilines is 4. The molecule has 0 aliphatic heterocycles. The molecule has 1 aliphatic carbocycles. The molecule has 1 unspecified atom stereocenters. The first-order chi connectivity index (χ1) is 56.9. The minimum atomic E-state index is -4.56. The first kappa shape index (κ1) is 129. The molecule has 0 spiro atoms. The summed E-state index contributed by atoms with van der Waals surface area (Å²) in [5.41, 5.74) is 12.4. The number of carbonyl (C=O) groups is 3. The maximum absolute atomic E-state index is 11.8. The second-order valence-corrected chi connectivity index (χ2v) is 31.1. The first-order valence-electron chi connectivity index (χ1n) is 37.3. The fourth-order valence-corrected chi connectivity index (χ4v) is 14.2. The Hall–Kier alpha value is -5.49. The number of aryl methyl sites for hydroxylation is 1. The SMILES string of the molecule is C.CCN(CC)c1ccc(C(c2[c-]ccc(S(=O)(=O)[O-])c2)c2ccc(N(CC)CC)cc2)cc1.CCN(CC)c1ccc(C(c2cc(S(=O)(=O)[O-])ccc2C)C2C=CC(=[N+](CC)CC)C=C2)cc1.CCN(CC)c1ccccc1.O=Cc1c[c-]ccc1S(=O)(=O)[O-].O=Cc1ccccc1Cl.O=Cc1ccccc1Cl.O=S(=O)=O.O=S(=O)=O.O=S(=O)=O.[Na+].[Na+].[Na+].[Na+].[Na+]. The van der Waals surface area contributed by atoms with Crippen molar-refractivity contribution in [1.29, 1.82) is 0 Å². The van der Waals surface area contributed by atoms with E-state index in [2.05, 4.69) is 227 Å². The van der Waals surface area contributed by atoms with E-state index in [1.54, 1.807) is 60.7 Å². The topological polar surface area (TPSA) is 392 Å². The van der Waals surface area contributed by atoms with Gasteiger partial charge in [0.15, 0.2) is 18.3 Å². The van der Waals surface area contributed by atoms with Crippen LogP contribution in [0.15, 0.2) is 245 Å². The number of benzene rings is 9. The van der Waals surface area contributed by atoms with Crippen molar-refractivity contribution >= 4 is 133 Å². The minimum absolute atomic E-state index is 0. The van der Waals surface area contributed by atoms with Crippen molar-refractivity contribution in [3.63, 3.8) is 0 Å². The molecule has 1 atom stereocenters. The van der Waals surface area contributed by atoms with Crippen LogP contribution in [-0.2, 0) is 62.2 Å². The second-order valence-electron chi connectivity index (χ2n) is 24.9. The monoisotopic (exact) mass is 1930 g/mol. The number of para-hydroxylation sites is 1. The number of halogens is 2. The zero-order valence-electron chi connectivity index (χ0n) is 73.0. The number of allylic oxidation sites excluding steroid dienone is 4. The van der Waals surface area contributed by atoms with Crippen molar-refractivity contribution in [1.82, 2.24) is 0 Å². The number of hydrogen-bond donors (Lipinski definition) is 0. The van der Waals surface area contributed by atoms with Gasteiger partial charge in [0.25, 0.3) is 0 Å². The summed E-state index contributed by atoms with van der Waals surface area (Å²) in [5, 5.41) is 1.01. The van der Waals surface area contributed by atoms with Crippen LogP contribution in [0.5, 0.6) is 0 Å². The zero-order chi connectivity index (χ0) is 90.3. The molecule has 654 valence electrons. The van der Waals surface area contributed by atoms with E-state index in [9.17, 15) is 53.3 Å². The molecule has 26 nitrogen and oxygen atoms in total. The van der Waals surface area contributed by atoms with Gasteiger partial charge < -0.3 is 38.1 Å². The molecular formula is C87H101Cl2N5Na5O21S6+. The van der Waals surface area contributed by atoms with Crippen LogP contribution in [0.25, 0.3) is 0 Å². The summed E-state index contributed by atoms with van der Waals surface area (Å²) in [6, 6.07) is 67.6. The molecule has 0 saturated carbocycles. The molecule has 1 aliphatic rings. The largest absolute Gasteiger partial charge is 1.00 e. The van der Waals surface area contributed by atoms with E-state index in [0.717, 1.165) is 135 Å². The van der Waals surface area contributed by atoms with Crippen LogP contribution in [0.2, 0.25) is 10.0 Å². The third-order valence-electron chi connectivity index (χ3n) is 18.1. The molecule has 9 aromatic rings. The van der Waals surface area contributed by atoms with E-state index < -0.39 is 67.1 Å². The van der Waals surface area contributed by atoms with E-state index in [0.29, 0.717) is 33.0 Å². The molecular weight excluding hydrogens is 1830 g/mol. The average Bonchev–Trinajstić information content (AvgIpc) is 0.771. The van der Waals surface area contributed by atoms with Gasteiger partial charge in [-0.3, -0.25) is 9.59 Å². The number of nitrogens with zero attached hydrogens (tertiary/aromatic N) is 5. The summed E-state index contributed by atoms with van der Waals surface area (Å²) < 4.78 is 180. The van der Waals surface area contributed by atoms with Gasteiger partial charge in [-0.1, -0.05) is 150 Å². The number of hydrogen-bond acceptors (Lipinski definition) is 25. The minimum Gasteiger partial charge on any atom is -0.746 e. The van der Waals surface area contributed by atoms with Crippen LogP contribution in [-0.4, -0.2) is 171 Å². The number of carbonyl (C=O) groups excluding carboxylic acids is 3. The van der Waals surface area contributed by atoms with Crippen LogP contribution in [0.3, 0.4) is 0 Å². The third kappa shape index (κ3) is 47.0. The van der Waals surface area contributed by atoms with E-state index >= 15 is 0 Å². The summed E-state index contributed by atoms with van der Waals surface area (Å²) in [4.78, 5) is 38.8. The van der Waals surface area contributed by atoms with Gasteiger partial charge in [-0.2, -0.15) is 42.5 Å². The molecule has 0 bridgehead atoms. The molecule has 9 aromatic carbocycles. The Morgan fingerprint density at radius 1 is 0.421 bits per heavy atom. The van der Waals surface area contributed by atoms with Crippen LogP contribution >= 0.6 is 23.2 Å². The maximum Gasteiger partial charge on any atom is 1.00 e. The normalized spacial score (nSPS) is 11.2. The summed E-state index contributed by atoms with van der Waals surface area (Å²) in [5.74, 6) is -0.330. The Morgan fingerprint density at radius 2 is 0.754 bits per heavy atom. The van der Waals surface area contributed by atoms with Crippen molar-refractivity contribution in [2.75, 3.05) is 85.0 Å². The van der Waals surface area contributed by atoms with E-state index in [4.69, 9.17) is 61.1 Å². The number of aldehydes is 3. The Labute approximate surface area is 869 Å². The Bertz CT molecular complexity index is 5370. The van der Waals surface area contributed by atoms with Crippen molar-refractivity contribution < 1.29 is 244 Å². The van der Waals surface area contributed by atoms with Gasteiger partial charge in [-0.25, -0.2) is 29.8 Å². The smallest absolute Gasteiger partial charge is 0.746 e. The molecule has 0 amide bonds. The summed E-state index contributed by atoms with van der Waals surface area (Å²) in [6.07, 6.45) is 10.5. The van der Waals surface area contributed by atoms with Crippen molar-refractivity contribution in [2.24, 2.45) is 5.92 Å². The zero-order valence-corrected chi connectivity index (χ0v) is 89.4. The van der Waals surface area contributed by atoms with Gasteiger partial charge in [0.2, 0.25) is 0 Å². The molecule has 0 radical (unpaired) electrons. The Balaban J connectivity index is -0.000000482. The maximum atomic E-state index is 11.8. The fraction of sp³-hybridized carbons (Fsp3) is 0.287.